The molecule has 3 heterocycles. The third-order valence-corrected chi connectivity index (χ3v) is 5.53. The first-order valence-electron chi connectivity index (χ1n) is 9.49. The van der Waals surface area contributed by atoms with E-state index in [1.807, 2.05) is 47.1 Å². The molecule has 3 aromatic heterocycles. The van der Waals surface area contributed by atoms with Crippen LogP contribution in [-0.2, 0) is 0 Å². The molecule has 0 saturated heterocycles. The molecule has 0 N–H and O–H groups in total. The van der Waals surface area contributed by atoms with E-state index in [0.717, 1.165) is 34.7 Å². The van der Waals surface area contributed by atoms with Gasteiger partial charge in [-0.05, 0) is 48.2 Å². The summed E-state index contributed by atoms with van der Waals surface area (Å²) in [4.78, 5) is 4.41. The summed E-state index contributed by atoms with van der Waals surface area (Å²) in [6.07, 6.45) is 2.91. The average molecular weight is 363 g/mol. The van der Waals surface area contributed by atoms with E-state index in [1.165, 1.54) is 10.9 Å². The standard InChI is InChI=1S/C23H17N5/c1-2-5-15(6-3-1)21-10-11-22-25-26-23(28(22)27-21)19-14-18(19)16-8-9-20-17(13-16)7-4-12-24-20/h1-13,18-19H,14H2/t18-,19?/m1/s1. The van der Waals surface area contributed by atoms with Gasteiger partial charge in [-0.15, -0.1) is 10.2 Å². The monoisotopic (exact) mass is 363 g/mol. The molecule has 5 nitrogen and oxygen atoms in total. The van der Waals surface area contributed by atoms with E-state index < -0.39 is 0 Å². The molecule has 0 spiro atoms. The second-order valence-corrected chi connectivity index (χ2v) is 7.32. The van der Waals surface area contributed by atoms with Gasteiger partial charge in [0.2, 0.25) is 0 Å². The highest BCUT2D eigenvalue weighted by Crippen LogP contribution is 2.54. The topological polar surface area (TPSA) is 56.0 Å². The molecule has 2 aromatic carbocycles. The highest BCUT2D eigenvalue weighted by atomic mass is 15.4. The quantitative estimate of drug-likeness (QED) is 0.470. The lowest BCUT2D eigenvalue weighted by Gasteiger charge is -2.04. The first-order chi connectivity index (χ1) is 13.9. The van der Waals surface area contributed by atoms with Crippen molar-refractivity contribution in [2.45, 2.75) is 18.3 Å². The van der Waals surface area contributed by atoms with Gasteiger partial charge < -0.3 is 0 Å². The summed E-state index contributed by atoms with van der Waals surface area (Å²) in [7, 11) is 0. The maximum Gasteiger partial charge on any atom is 0.177 e. The minimum atomic E-state index is 0.350. The molecule has 1 aliphatic carbocycles. The van der Waals surface area contributed by atoms with Crippen molar-refractivity contribution in [1.82, 2.24) is 24.8 Å². The Morgan fingerprint density at radius 3 is 2.68 bits per heavy atom. The van der Waals surface area contributed by atoms with Gasteiger partial charge in [-0.1, -0.05) is 42.5 Å². The molecule has 0 aliphatic heterocycles. The van der Waals surface area contributed by atoms with Gasteiger partial charge >= 0.3 is 0 Å². The van der Waals surface area contributed by atoms with Crippen LogP contribution < -0.4 is 0 Å². The van der Waals surface area contributed by atoms with E-state index in [0.29, 0.717) is 11.8 Å². The zero-order valence-electron chi connectivity index (χ0n) is 15.1. The Kier molecular flexibility index (Phi) is 3.29. The van der Waals surface area contributed by atoms with Crippen molar-refractivity contribution in [3.63, 3.8) is 0 Å². The Morgan fingerprint density at radius 1 is 0.821 bits per heavy atom. The predicted octanol–water partition coefficient (Wildman–Crippen LogP) is 4.61. The lowest BCUT2D eigenvalue weighted by molar-refractivity contribution is 0.803. The number of pyridine rings is 1. The van der Waals surface area contributed by atoms with E-state index >= 15 is 0 Å². The van der Waals surface area contributed by atoms with Crippen molar-refractivity contribution in [2.24, 2.45) is 0 Å². The number of rotatable bonds is 3. The van der Waals surface area contributed by atoms with Gasteiger partial charge in [0.25, 0.3) is 0 Å². The molecular formula is C23H17N5. The number of aromatic nitrogens is 5. The van der Waals surface area contributed by atoms with Crippen molar-refractivity contribution < 1.29 is 0 Å². The first-order valence-corrected chi connectivity index (χ1v) is 9.49. The molecule has 5 heteroatoms. The molecule has 1 unspecified atom stereocenters. The number of hydrogen-bond acceptors (Lipinski definition) is 4. The second kappa shape index (κ2) is 5.96. The van der Waals surface area contributed by atoms with Crippen molar-refractivity contribution in [3.8, 4) is 11.3 Å². The smallest absolute Gasteiger partial charge is 0.177 e. The summed E-state index contributed by atoms with van der Waals surface area (Å²) in [5.41, 5.74) is 5.19. The fraction of sp³-hybridized carbons (Fsp3) is 0.130. The van der Waals surface area contributed by atoms with Crippen molar-refractivity contribution in [1.29, 1.82) is 0 Å². The predicted molar refractivity (Wildman–Crippen MR) is 108 cm³/mol. The Labute approximate surface area is 161 Å². The largest absolute Gasteiger partial charge is 0.256 e. The maximum absolute atomic E-state index is 4.83. The van der Waals surface area contributed by atoms with E-state index in [4.69, 9.17) is 5.10 Å². The van der Waals surface area contributed by atoms with Crippen LogP contribution in [0.1, 0.15) is 29.6 Å². The number of hydrogen-bond donors (Lipinski definition) is 0. The van der Waals surface area contributed by atoms with Crippen LogP contribution in [0.2, 0.25) is 0 Å². The summed E-state index contributed by atoms with van der Waals surface area (Å²) in [5.74, 6) is 1.76. The van der Waals surface area contributed by atoms with Gasteiger partial charge in [-0.2, -0.15) is 9.61 Å². The molecule has 0 radical (unpaired) electrons. The van der Waals surface area contributed by atoms with E-state index in [9.17, 15) is 0 Å². The Hall–Kier alpha value is -3.60. The van der Waals surface area contributed by atoms with Crippen LogP contribution in [-0.4, -0.2) is 24.8 Å². The van der Waals surface area contributed by atoms with Crippen LogP contribution in [0, 0.1) is 0 Å². The number of fused-ring (bicyclic) bond motifs is 2. The molecule has 1 saturated carbocycles. The minimum Gasteiger partial charge on any atom is -0.256 e. The number of benzene rings is 2. The van der Waals surface area contributed by atoms with Crippen LogP contribution in [0.5, 0.6) is 0 Å². The third-order valence-electron chi connectivity index (χ3n) is 5.53. The third kappa shape index (κ3) is 2.47. The fourth-order valence-corrected chi connectivity index (χ4v) is 3.97. The summed E-state index contributed by atoms with van der Waals surface area (Å²) in [6, 6.07) is 24.8. The summed E-state index contributed by atoms with van der Waals surface area (Å²) in [5, 5.41) is 14.8. The van der Waals surface area contributed by atoms with Crippen LogP contribution in [0.15, 0.2) is 79.0 Å². The van der Waals surface area contributed by atoms with Gasteiger partial charge in [-0.3, -0.25) is 4.98 Å². The zero-order valence-corrected chi connectivity index (χ0v) is 15.1. The Bertz CT molecular complexity index is 1310. The van der Waals surface area contributed by atoms with Crippen molar-refractivity contribution >= 4 is 16.6 Å². The van der Waals surface area contributed by atoms with E-state index in [-0.39, 0.29) is 0 Å². The summed E-state index contributed by atoms with van der Waals surface area (Å²) in [6.45, 7) is 0. The molecule has 2 atom stereocenters. The lowest BCUT2D eigenvalue weighted by atomic mass is 10.1. The first kappa shape index (κ1) is 15.5. The normalized spacial score (nSPS) is 18.6. The van der Waals surface area contributed by atoms with Crippen LogP contribution in [0.4, 0.5) is 0 Å². The molecule has 28 heavy (non-hydrogen) atoms. The molecule has 6 rings (SSSR count). The Morgan fingerprint density at radius 2 is 1.75 bits per heavy atom. The molecule has 1 aliphatic rings. The van der Waals surface area contributed by atoms with Gasteiger partial charge in [0.1, 0.15) is 0 Å². The number of nitrogens with zero attached hydrogens (tertiary/aromatic N) is 5. The molecular weight excluding hydrogens is 346 g/mol. The molecule has 0 amide bonds. The van der Waals surface area contributed by atoms with Crippen molar-refractivity contribution in [3.05, 3.63) is 90.4 Å². The van der Waals surface area contributed by atoms with Gasteiger partial charge in [-0.25, -0.2) is 0 Å². The summed E-state index contributed by atoms with van der Waals surface area (Å²) >= 11 is 0. The van der Waals surface area contributed by atoms with Gasteiger partial charge in [0.05, 0.1) is 11.2 Å². The second-order valence-electron chi connectivity index (χ2n) is 7.32. The highest BCUT2D eigenvalue weighted by Gasteiger charge is 2.43. The van der Waals surface area contributed by atoms with Crippen LogP contribution in [0.3, 0.4) is 0 Å². The molecule has 134 valence electrons. The van der Waals surface area contributed by atoms with Gasteiger partial charge in [0.15, 0.2) is 11.5 Å². The lowest BCUT2D eigenvalue weighted by Crippen LogP contribution is -2.00. The summed E-state index contributed by atoms with van der Waals surface area (Å²) < 4.78 is 1.91. The molecule has 0 bridgehead atoms. The highest BCUT2D eigenvalue weighted by molar-refractivity contribution is 5.79. The zero-order chi connectivity index (χ0) is 18.5. The van der Waals surface area contributed by atoms with Crippen LogP contribution >= 0.6 is 0 Å². The SMILES string of the molecule is c1ccc(-c2ccc3nnc(C4C[C@@H]4c4ccc5ncccc5c4)n3n2)cc1. The van der Waals surface area contributed by atoms with E-state index in [1.54, 1.807) is 0 Å². The van der Waals surface area contributed by atoms with Crippen molar-refractivity contribution in [2.75, 3.05) is 0 Å². The fourth-order valence-electron chi connectivity index (χ4n) is 3.97. The van der Waals surface area contributed by atoms with Gasteiger partial charge in [0, 0.05) is 23.1 Å². The molecule has 5 aromatic rings. The van der Waals surface area contributed by atoms with Crippen LogP contribution in [0.25, 0.3) is 27.8 Å². The average Bonchev–Trinajstić information content (AvgIpc) is 3.45. The Balaban J connectivity index is 1.37. The molecule has 1 fully saturated rings. The van der Waals surface area contributed by atoms with E-state index in [2.05, 4.69) is 51.6 Å². The minimum absolute atomic E-state index is 0.350. The maximum atomic E-state index is 4.83.